The van der Waals surface area contributed by atoms with Gasteiger partial charge in [0, 0.05) is 10.7 Å². The van der Waals surface area contributed by atoms with Crippen molar-refractivity contribution >= 4 is 29.3 Å². The number of benzene rings is 3. The lowest BCUT2D eigenvalue weighted by atomic mass is 9.98. The first-order chi connectivity index (χ1) is 13.6. The van der Waals surface area contributed by atoms with Gasteiger partial charge >= 0.3 is 0 Å². The van der Waals surface area contributed by atoms with Crippen LogP contribution >= 0.6 is 11.6 Å². The number of nitrogens with zero attached hydrogens (tertiary/aromatic N) is 1. The minimum Gasteiger partial charge on any atom is -0.321 e. The lowest BCUT2D eigenvalue weighted by molar-refractivity contribution is -0.112. The largest absolute Gasteiger partial charge is 0.321 e. The van der Waals surface area contributed by atoms with E-state index in [0.29, 0.717) is 17.1 Å². The average Bonchev–Trinajstić information content (AvgIpc) is 2.69. The summed E-state index contributed by atoms with van der Waals surface area (Å²) in [4.78, 5) is 12.6. The molecule has 0 aliphatic rings. The predicted octanol–water partition coefficient (Wildman–Crippen LogP) is 5.78. The number of carbonyl (C=O) groups is 1. The van der Waals surface area contributed by atoms with Crippen molar-refractivity contribution in [3.05, 3.63) is 106 Å². The Morgan fingerprint density at radius 3 is 2.46 bits per heavy atom. The fourth-order valence-electron chi connectivity index (χ4n) is 2.91. The molecule has 4 heteroatoms. The highest BCUT2D eigenvalue weighted by Gasteiger charge is 2.11. The molecule has 3 aromatic rings. The highest BCUT2D eigenvalue weighted by atomic mass is 35.5. The van der Waals surface area contributed by atoms with Crippen LogP contribution in [0.25, 0.3) is 6.08 Å². The van der Waals surface area contributed by atoms with Gasteiger partial charge in [0.25, 0.3) is 5.91 Å². The number of halogens is 1. The number of amides is 1. The summed E-state index contributed by atoms with van der Waals surface area (Å²) in [5.74, 6) is -0.430. The maximum absolute atomic E-state index is 12.6. The van der Waals surface area contributed by atoms with E-state index in [2.05, 4.69) is 5.32 Å². The van der Waals surface area contributed by atoms with Crippen LogP contribution in [0, 0.1) is 18.3 Å². The van der Waals surface area contributed by atoms with Crippen molar-refractivity contribution in [2.75, 3.05) is 5.32 Å². The zero-order valence-corrected chi connectivity index (χ0v) is 16.2. The quantitative estimate of drug-likeness (QED) is 0.446. The first-order valence-corrected chi connectivity index (χ1v) is 9.26. The summed E-state index contributed by atoms with van der Waals surface area (Å²) in [6.45, 7) is 1.95. The summed E-state index contributed by atoms with van der Waals surface area (Å²) in [6, 6.07) is 24.8. The Balaban J connectivity index is 1.87. The topological polar surface area (TPSA) is 52.9 Å². The molecule has 0 saturated heterocycles. The van der Waals surface area contributed by atoms with E-state index in [1.165, 1.54) is 0 Å². The normalized spacial score (nSPS) is 11.0. The van der Waals surface area contributed by atoms with Crippen molar-refractivity contribution in [1.29, 1.82) is 5.26 Å². The van der Waals surface area contributed by atoms with Gasteiger partial charge in [0.2, 0.25) is 0 Å². The van der Waals surface area contributed by atoms with Gasteiger partial charge in [-0.05, 0) is 59.9 Å². The molecule has 3 aromatic carbocycles. The summed E-state index contributed by atoms with van der Waals surface area (Å²) < 4.78 is 0. The van der Waals surface area contributed by atoms with Gasteiger partial charge < -0.3 is 5.32 Å². The predicted molar refractivity (Wildman–Crippen MR) is 114 cm³/mol. The summed E-state index contributed by atoms with van der Waals surface area (Å²) in [7, 11) is 0. The van der Waals surface area contributed by atoms with Crippen molar-refractivity contribution in [3.8, 4) is 6.07 Å². The molecule has 0 saturated carbocycles. The molecule has 1 amide bonds. The summed E-state index contributed by atoms with van der Waals surface area (Å²) in [6.07, 6.45) is 2.24. The molecule has 0 aromatic heterocycles. The number of hydrogen-bond donors (Lipinski definition) is 1. The lowest BCUT2D eigenvalue weighted by Crippen LogP contribution is -2.13. The number of rotatable bonds is 5. The van der Waals surface area contributed by atoms with Gasteiger partial charge in [0.1, 0.15) is 11.6 Å². The third-order valence-corrected chi connectivity index (χ3v) is 4.70. The first-order valence-electron chi connectivity index (χ1n) is 8.88. The average molecular weight is 387 g/mol. The monoisotopic (exact) mass is 386 g/mol. The molecular weight excluding hydrogens is 368 g/mol. The van der Waals surface area contributed by atoms with E-state index in [4.69, 9.17) is 11.6 Å². The third-order valence-electron chi connectivity index (χ3n) is 4.33. The minimum absolute atomic E-state index is 0.0492. The molecule has 0 unspecified atom stereocenters. The molecule has 3 rings (SSSR count). The van der Waals surface area contributed by atoms with Crippen molar-refractivity contribution < 1.29 is 4.79 Å². The van der Waals surface area contributed by atoms with Gasteiger partial charge in [-0.15, -0.1) is 0 Å². The molecule has 1 N–H and O–H groups in total. The molecule has 0 fully saturated rings. The number of hydrogen-bond acceptors (Lipinski definition) is 2. The van der Waals surface area contributed by atoms with Crippen LogP contribution in [0.4, 0.5) is 5.69 Å². The van der Waals surface area contributed by atoms with Crippen LogP contribution < -0.4 is 5.32 Å². The van der Waals surface area contributed by atoms with E-state index in [-0.39, 0.29) is 5.57 Å². The Bertz CT molecular complexity index is 1080. The van der Waals surface area contributed by atoms with Crippen molar-refractivity contribution in [2.24, 2.45) is 0 Å². The molecule has 0 spiro atoms. The third kappa shape index (κ3) is 4.88. The van der Waals surface area contributed by atoms with Gasteiger partial charge in [-0.1, -0.05) is 66.2 Å². The Morgan fingerprint density at radius 2 is 1.75 bits per heavy atom. The van der Waals surface area contributed by atoms with Crippen LogP contribution in [-0.2, 0) is 11.2 Å². The first kappa shape index (κ1) is 19.4. The molecular formula is C24H19ClN2O. The maximum atomic E-state index is 12.6. The molecule has 0 radical (unpaired) electrons. The molecule has 28 heavy (non-hydrogen) atoms. The Labute approximate surface area is 169 Å². The van der Waals surface area contributed by atoms with Crippen molar-refractivity contribution in [3.63, 3.8) is 0 Å². The zero-order valence-electron chi connectivity index (χ0n) is 15.4. The number of carbonyl (C=O) groups excluding carboxylic acids is 1. The summed E-state index contributed by atoms with van der Waals surface area (Å²) in [5.41, 5.74) is 4.55. The van der Waals surface area contributed by atoms with E-state index in [1.807, 2.05) is 79.7 Å². The second-order valence-electron chi connectivity index (χ2n) is 6.46. The lowest BCUT2D eigenvalue weighted by Gasteiger charge is -2.09. The number of aryl methyl sites for hydroxylation is 1. The highest BCUT2D eigenvalue weighted by Crippen LogP contribution is 2.22. The van der Waals surface area contributed by atoms with Gasteiger partial charge in [0.05, 0.1) is 0 Å². The van der Waals surface area contributed by atoms with Crippen LogP contribution in [0.15, 0.2) is 78.4 Å². The molecule has 3 nitrogen and oxygen atoms in total. The molecule has 0 aliphatic heterocycles. The zero-order chi connectivity index (χ0) is 19.9. The molecule has 0 bridgehead atoms. The van der Waals surface area contributed by atoms with Crippen LogP contribution in [0.2, 0.25) is 5.02 Å². The number of nitriles is 1. The SMILES string of the molecule is Cc1cccc(NC(=O)/C(C#N)=C/c2ccccc2Cc2ccccc2Cl)c1. The van der Waals surface area contributed by atoms with Crippen molar-refractivity contribution in [1.82, 2.24) is 0 Å². The van der Waals surface area contributed by atoms with Gasteiger partial charge in [-0.25, -0.2) is 0 Å². The van der Waals surface area contributed by atoms with Crippen LogP contribution in [0.3, 0.4) is 0 Å². The second-order valence-corrected chi connectivity index (χ2v) is 6.87. The Kier molecular flexibility index (Phi) is 6.26. The van der Waals surface area contributed by atoms with E-state index < -0.39 is 5.91 Å². The number of nitrogens with one attached hydrogen (secondary N) is 1. The van der Waals surface area contributed by atoms with Gasteiger partial charge in [0.15, 0.2) is 0 Å². The Hall–Kier alpha value is -3.35. The molecule has 0 heterocycles. The van der Waals surface area contributed by atoms with E-state index in [0.717, 1.165) is 22.3 Å². The van der Waals surface area contributed by atoms with Crippen molar-refractivity contribution in [2.45, 2.75) is 13.3 Å². The minimum atomic E-state index is -0.430. The fourth-order valence-corrected chi connectivity index (χ4v) is 3.11. The van der Waals surface area contributed by atoms with Gasteiger partial charge in [-0.2, -0.15) is 5.26 Å². The molecule has 138 valence electrons. The molecule has 0 aliphatic carbocycles. The highest BCUT2D eigenvalue weighted by molar-refractivity contribution is 6.31. The fraction of sp³-hybridized carbons (Fsp3) is 0.0833. The summed E-state index contributed by atoms with van der Waals surface area (Å²) in [5, 5.41) is 13.0. The molecule has 0 atom stereocenters. The second kappa shape index (κ2) is 9.03. The van der Waals surface area contributed by atoms with E-state index >= 15 is 0 Å². The van der Waals surface area contributed by atoms with E-state index in [9.17, 15) is 10.1 Å². The van der Waals surface area contributed by atoms with Crippen LogP contribution in [0.1, 0.15) is 22.3 Å². The van der Waals surface area contributed by atoms with Crippen LogP contribution in [0.5, 0.6) is 0 Å². The number of anilines is 1. The van der Waals surface area contributed by atoms with Gasteiger partial charge in [-0.3, -0.25) is 4.79 Å². The Morgan fingerprint density at radius 1 is 1.04 bits per heavy atom. The van der Waals surface area contributed by atoms with Crippen LogP contribution in [-0.4, -0.2) is 5.91 Å². The maximum Gasteiger partial charge on any atom is 0.266 e. The smallest absolute Gasteiger partial charge is 0.266 e. The summed E-state index contributed by atoms with van der Waals surface area (Å²) >= 11 is 6.28. The van der Waals surface area contributed by atoms with E-state index in [1.54, 1.807) is 12.1 Å². The standard InChI is InChI=1S/C24H19ClN2O/c1-17-7-6-11-22(13-17)27-24(28)21(16-26)15-19-9-3-2-8-18(19)14-20-10-4-5-12-23(20)25/h2-13,15H,14H2,1H3,(H,27,28)/b21-15+.